The smallest absolute Gasteiger partial charge is 0.364 e. The van der Waals surface area contributed by atoms with Crippen molar-refractivity contribution in [1.82, 2.24) is 9.97 Å². The Balaban J connectivity index is 2.09. The van der Waals surface area contributed by atoms with Gasteiger partial charge in [0.1, 0.15) is 18.4 Å². The molecule has 1 fully saturated rings. The van der Waals surface area contributed by atoms with Crippen molar-refractivity contribution in [3.63, 3.8) is 0 Å². The van der Waals surface area contributed by atoms with E-state index in [-0.39, 0.29) is 17.6 Å². The normalized spacial score (nSPS) is 16.9. The number of alkyl halides is 3. The van der Waals surface area contributed by atoms with E-state index in [1.54, 1.807) is 0 Å². The second kappa shape index (κ2) is 6.74. The Morgan fingerprint density at radius 3 is 2.50 bits per heavy atom. The Kier molecular flexibility index (Phi) is 5.47. The number of rotatable bonds is 4. The van der Waals surface area contributed by atoms with Crippen molar-refractivity contribution in [3.8, 4) is 0 Å². The summed E-state index contributed by atoms with van der Waals surface area (Å²) in [7, 11) is 0. The minimum absolute atomic E-state index is 0.210. The molecule has 20 heavy (non-hydrogen) atoms. The number of hydrogen-bond acceptors (Lipinski definition) is 3. The molecule has 0 atom stereocenters. The molecule has 1 saturated carbocycles. The molecule has 1 heterocycles. The van der Waals surface area contributed by atoms with Gasteiger partial charge in [0, 0.05) is 5.92 Å². The molecule has 0 radical (unpaired) electrons. The first-order valence-electron chi connectivity index (χ1n) is 6.23. The standard InChI is InChI=1S/C12H13ClF3IN2O/c13-11-9(17)10(7-3-1-2-4-7)18-8(19-11)5-20-6-12(14,15)16/h7H,1-6H2. The molecule has 1 aromatic rings. The van der Waals surface area contributed by atoms with Gasteiger partial charge in [-0.2, -0.15) is 13.2 Å². The molecule has 0 aromatic carbocycles. The number of ether oxygens (including phenoxy) is 1. The van der Waals surface area contributed by atoms with Gasteiger partial charge in [-0.15, -0.1) is 0 Å². The predicted octanol–water partition coefficient (Wildman–Crippen LogP) is 4.47. The van der Waals surface area contributed by atoms with E-state index in [4.69, 9.17) is 11.6 Å². The highest BCUT2D eigenvalue weighted by Crippen LogP contribution is 2.36. The topological polar surface area (TPSA) is 35.0 Å². The zero-order chi connectivity index (χ0) is 14.8. The van der Waals surface area contributed by atoms with Crippen molar-refractivity contribution in [1.29, 1.82) is 0 Å². The van der Waals surface area contributed by atoms with Gasteiger partial charge in [0.05, 0.1) is 9.26 Å². The Hall–Kier alpha value is -0.150. The van der Waals surface area contributed by atoms with E-state index in [0.29, 0.717) is 5.92 Å². The van der Waals surface area contributed by atoms with Crippen molar-refractivity contribution >= 4 is 34.2 Å². The highest BCUT2D eigenvalue weighted by molar-refractivity contribution is 14.1. The van der Waals surface area contributed by atoms with Crippen molar-refractivity contribution in [2.75, 3.05) is 6.61 Å². The summed E-state index contributed by atoms with van der Waals surface area (Å²) < 4.78 is 41.5. The van der Waals surface area contributed by atoms with Crippen LogP contribution in [0.25, 0.3) is 0 Å². The highest BCUT2D eigenvalue weighted by atomic mass is 127. The van der Waals surface area contributed by atoms with E-state index in [1.165, 1.54) is 0 Å². The number of hydrogen-bond donors (Lipinski definition) is 0. The first kappa shape index (κ1) is 16.2. The maximum atomic E-state index is 12.0. The lowest BCUT2D eigenvalue weighted by molar-refractivity contribution is -0.177. The van der Waals surface area contributed by atoms with Gasteiger partial charge in [0.25, 0.3) is 0 Å². The van der Waals surface area contributed by atoms with Crippen LogP contribution in [0.2, 0.25) is 5.15 Å². The van der Waals surface area contributed by atoms with E-state index < -0.39 is 12.8 Å². The van der Waals surface area contributed by atoms with Crippen LogP contribution in [-0.4, -0.2) is 22.8 Å². The molecular weight excluding hydrogens is 407 g/mol. The molecule has 0 amide bonds. The lowest BCUT2D eigenvalue weighted by Crippen LogP contribution is -2.17. The lowest BCUT2D eigenvalue weighted by atomic mass is 10.0. The molecule has 3 nitrogen and oxygen atoms in total. The van der Waals surface area contributed by atoms with Crippen LogP contribution in [0.3, 0.4) is 0 Å². The van der Waals surface area contributed by atoms with Crippen LogP contribution in [-0.2, 0) is 11.3 Å². The summed E-state index contributed by atoms with van der Waals surface area (Å²) in [6.07, 6.45) is 0.00418. The quantitative estimate of drug-likeness (QED) is 0.532. The fourth-order valence-electron chi connectivity index (χ4n) is 2.27. The molecule has 0 saturated heterocycles. The molecule has 0 unspecified atom stereocenters. The average molecular weight is 421 g/mol. The van der Waals surface area contributed by atoms with Crippen molar-refractivity contribution in [2.45, 2.75) is 44.4 Å². The number of aromatic nitrogens is 2. The first-order valence-corrected chi connectivity index (χ1v) is 7.69. The highest BCUT2D eigenvalue weighted by Gasteiger charge is 2.28. The summed E-state index contributed by atoms with van der Waals surface area (Å²) in [6.45, 7) is -1.59. The van der Waals surface area contributed by atoms with Gasteiger partial charge in [-0.3, -0.25) is 0 Å². The Bertz CT molecular complexity index is 479. The maximum Gasteiger partial charge on any atom is 0.411 e. The second-order valence-corrected chi connectivity index (χ2v) is 6.16. The number of nitrogens with zero attached hydrogens (tertiary/aromatic N) is 2. The molecule has 1 aromatic heterocycles. The molecular formula is C12H13ClF3IN2O. The van der Waals surface area contributed by atoms with E-state index in [2.05, 4.69) is 37.3 Å². The van der Waals surface area contributed by atoms with Crippen LogP contribution in [0.15, 0.2) is 0 Å². The average Bonchev–Trinajstić information content (AvgIpc) is 2.85. The zero-order valence-electron chi connectivity index (χ0n) is 10.5. The van der Waals surface area contributed by atoms with Crippen LogP contribution < -0.4 is 0 Å². The van der Waals surface area contributed by atoms with Crippen molar-refractivity contribution < 1.29 is 17.9 Å². The SMILES string of the molecule is FC(F)(F)COCc1nc(Cl)c(I)c(C2CCCC2)n1. The second-order valence-electron chi connectivity index (χ2n) is 4.72. The first-order chi connectivity index (χ1) is 9.37. The summed E-state index contributed by atoms with van der Waals surface area (Å²) in [5.41, 5.74) is 0.841. The van der Waals surface area contributed by atoms with E-state index in [9.17, 15) is 13.2 Å². The van der Waals surface area contributed by atoms with Gasteiger partial charge in [-0.05, 0) is 35.4 Å². The Morgan fingerprint density at radius 1 is 1.25 bits per heavy atom. The summed E-state index contributed by atoms with van der Waals surface area (Å²) in [6, 6.07) is 0. The Labute approximate surface area is 133 Å². The van der Waals surface area contributed by atoms with Crippen LogP contribution in [0.5, 0.6) is 0 Å². The predicted molar refractivity (Wildman–Crippen MR) is 76.7 cm³/mol. The minimum atomic E-state index is -4.35. The van der Waals surface area contributed by atoms with Gasteiger partial charge in [0.2, 0.25) is 0 Å². The van der Waals surface area contributed by atoms with Gasteiger partial charge < -0.3 is 4.74 Å². The van der Waals surface area contributed by atoms with Crippen LogP contribution in [0.1, 0.15) is 43.1 Å². The van der Waals surface area contributed by atoms with E-state index in [0.717, 1.165) is 34.9 Å². The van der Waals surface area contributed by atoms with Gasteiger partial charge in [-0.25, -0.2) is 9.97 Å². The van der Waals surface area contributed by atoms with Crippen molar-refractivity contribution in [3.05, 3.63) is 20.2 Å². The Morgan fingerprint density at radius 2 is 1.90 bits per heavy atom. The molecule has 0 spiro atoms. The molecule has 112 valence electrons. The number of halogens is 5. The monoisotopic (exact) mass is 420 g/mol. The molecule has 2 rings (SSSR count). The summed E-state index contributed by atoms with van der Waals surface area (Å²) in [5.74, 6) is 0.533. The summed E-state index contributed by atoms with van der Waals surface area (Å²) in [4.78, 5) is 8.32. The summed E-state index contributed by atoms with van der Waals surface area (Å²) in [5, 5.41) is 0.285. The molecule has 0 N–H and O–H groups in total. The fourth-order valence-corrected chi connectivity index (χ4v) is 3.15. The van der Waals surface area contributed by atoms with E-state index in [1.807, 2.05) is 0 Å². The van der Waals surface area contributed by atoms with E-state index >= 15 is 0 Å². The summed E-state index contributed by atoms with van der Waals surface area (Å²) >= 11 is 8.11. The van der Waals surface area contributed by atoms with Gasteiger partial charge in [0.15, 0.2) is 5.82 Å². The molecule has 8 heteroatoms. The van der Waals surface area contributed by atoms with Crippen LogP contribution >= 0.6 is 34.2 Å². The van der Waals surface area contributed by atoms with Crippen molar-refractivity contribution in [2.24, 2.45) is 0 Å². The van der Waals surface area contributed by atoms with Gasteiger partial charge in [-0.1, -0.05) is 24.4 Å². The largest absolute Gasteiger partial charge is 0.411 e. The van der Waals surface area contributed by atoms with Crippen LogP contribution in [0, 0.1) is 3.57 Å². The molecule has 0 bridgehead atoms. The third-order valence-electron chi connectivity index (χ3n) is 3.12. The van der Waals surface area contributed by atoms with Gasteiger partial charge >= 0.3 is 6.18 Å². The maximum absolute atomic E-state index is 12.0. The third-order valence-corrected chi connectivity index (χ3v) is 4.78. The minimum Gasteiger partial charge on any atom is -0.364 e. The molecule has 0 aliphatic heterocycles. The molecule has 1 aliphatic carbocycles. The lowest BCUT2D eigenvalue weighted by Gasteiger charge is -2.14. The zero-order valence-corrected chi connectivity index (χ0v) is 13.4. The van der Waals surface area contributed by atoms with Crippen LogP contribution in [0.4, 0.5) is 13.2 Å². The molecule has 1 aliphatic rings. The third kappa shape index (κ3) is 4.42. The fraction of sp³-hybridized carbons (Fsp3) is 0.667.